The summed E-state index contributed by atoms with van der Waals surface area (Å²) in [6.07, 6.45) is 3.48. The summed E-state index contributed by atoms with van der Waals surface area (Å²) in [4.78, 5) is 2.50. The van der Waals surface area contributed by atoms with Gasteiger partial charge in [-0.3, -0.25) is 9.58 Å². The molecule has 2 heterocycles. The molecule has 0 N–H and O–H groups in total. The van der Waals surface area contributed by atoms with Crippen LogP contribution in [0.5, 0.6) is 0 Å². The first-order valence-corrected chi connectivity index (χ1v) is 8.14. The molecule has 0 saturated carbocycles. The highest BCUT2D eigenvalue weighted by Crippen LogP contribution is 2.26. The van der Waals surface area contributed by atoms with Crippen LogP contribution in [0.1, 0.15) is 31.2 Å². The number of hydrogen-bond donors (Lipinski definition) is 0. The van der Waals surface area contributed by atoms with Crippen molar-refractivity contribution in [2.75, 3.05) is 18.4 Å². The standard InChI is InChI=1S/C13H21BrClN3/c1-3-11-13(15)12(17(2)16-11)9-18-7-5-10(8-18)4-6-14/h10H,3-9H2,1-2H3. The van der Waals surface area contributed by atoms with Crippen LogP contribution < -0.4 is 0 Å². The second-order valence-corrected chi connectivity index (χ2v) is 6.22. The van der Waals surface area contributed by atoms with Crippen LogP contribution in [0.25, 0.3) is 0 Å². The van der Waals surface area contributed by atoms with Gasteiger partial charge >= 0.3 is 0 Å². The van der Waals surface area contributed by atoms with Crippen LogP contribution in [0.15, 0.2) is 0 Å². The number of nitrogens with zero attached hydrogens (tertiary/aromatic N) is 3. The summed E-state index contributed by atoms with van der Waals surface area (Å²) in [6, 6.07) is 0. The van der Waals surface area contributed by atoms with E-state index in [1.54, 1.807) is 0 Å². The number of halogens is 2. The maximum absolute atomic E-state index is 6.39. The molecule has 0 aliphatic carbocycles. The number of aryl methyl sites for hydroxylation is 2. The lowest BCUT2D eigenvalue weighted by Crippen LogP contribution is -2.22. The Morgan fingerprint density at radius 3 is 2.89 bits per heavy atom. The minimum absolute atomic E-state index is 0.835. The molecular formula is C13H21BrClN3. The van der Waals surface area contributed by atoms with Crippen molar-refractivity contribution in [1.29, 1.82) is 0 Å². The molecule has 1 aromatic heterocycles. The van der Waals surface area contributed by atoms with Crippen molar-refractivity contribution in [2.45, 2.75) is 32.7 Å². The van der Waals surface area contributed by atoms with Gasteiger partial charge in [-0.05, 0) is 31.7 Å². The SMILES string of the molecule is CCc1nn(C)c(CN2CCC(CCBr)C2)c1Cl. The van der Waals surface area contributed by atoms with Crippen molar-refractivity contribution in [3.63, 3.8) is 0 Å². The molecule has 2 rings (SSSR count). The summed E-state index contributed by atoms with van der Waals surface area (Å²) >= 11 is 9.92. The van der Waals surface area contributed by atoms with Crippen molar-refractivity contribution in [3.05, 3.63) is 16.4 Å². The first-order valence-electron chi connectivity index (χ1n) is 6.64. The van der Waals surface area contributed by atoms with Crippen LogP contribution in [0, 0.1) is 5.92 Å². The molecule has 1 fully saturated rings. The predicted molar refractivity (Wildman–Crippen MR) is 79.4 cm³/mol. The largest absolute Gasteiger partial charge is 0.297 e. The van der Waals surface area contributed by atoms with Gasteiger partial charge in [-0.2, -0.15) is 5.10 Å². The molecule has 0 spiro atoms. The Morgan fingerprint density at radius 1 is 1.50 bits per heavy atom. The van der Waals surface area contributed by atoms with E-state index >= 15 is 0 Å². The van der Waals surface area contributed by atoms with Gasteiger partial charge < -0.3 is 0 Å². The van der Waals surface area contributed by atoms with Crippen LogP contribution in [-0.4, -0.2) is 33.1 Å². The smallest absolute Gasteiger partial charge is 0.0863 e. The molecule has 0 aromatic carbocycles. The molecular weight excluding hydrogens is 314 g/mol. The lowest BCUT2D eigenvalue weighted by atomic mass is 10.1. The van der Waals surface area contributed by atoms with Crippen molar-refractivity contribution in [2.24, 2.45) is 13.0 Å². The van der Waals surface area contributed by atoms with Gasteiger partial charge in [-0.15, -0.1) is 0 Å². The molecule has 1 saturated heterocycles. The topological polar surface area (TPSA) is 21.1 Å². The first-order chi connectivity index (χ1) is 8.65. The number of rotatable bonds is 5. The molecule has 5 heteroatoms. The van der Waals surface area contributed by atoms with Gasteiger partial charge in [-0.1, -0.05) is 34.5 Å². The Bertz CT molecular complexity index is 405. The predicted octanol–water partition coefficient (Wildman–Crippen LogP) is 3.24. The Balaban J connectivity index is 2.00. The fraction of sp³-hybridized carbons (Fsp3) is 0.769. The Morgan fingerprint density at radius 2 is 2.28 bits per heavy atom. The van der Waals surface area contributed by atoms with Gasteiger partial charge in [-0.25, -0.2) is 0 Å². The number of alkyl halides is 1. The van der Waals surface area contributed by atoms with Crippen LogP contribution >= 0.6 is 27.5 Å². The summed E-state index contributed by atoms with van der Waals surface area (Å²) in [7, 11) is 1.99. The summed E-state index contributed by atoms with van der Waals surface area (Å²) < 4.78 is 1.94. The third kappa shape index (κ3) is 3.09. The highest BCUT2D eigenvalue weighted by atomic mass is 79.9. The third-order valence-electron chi connectivity index (χ3n) is 3.76. The lowest BCUT2D eigenvalue weighted by Gasteiger charge is -2.16. The zero-order valence-corrected chi connectivity index (χ0v) is 13.5. The maximum Gasteiger partial charge on any atom is 0.0863 e. The van der Waals surface area contributed by atoms with E-state index in [-0.39, 0.29) is 0 Å². The second kappa shape index (κ2) is 6.40. The van der Waals surface area contributed by atoms with E-state index in [2.05, 4.69) is 32.9 Å². The average Bonchev–Trinajstić information content (AvgIpc) is 2.89. The van der Waals surface area contributed by atoms with E-state index in [9.17, 15) is 0 Å². The van der Waals surface area contributed by atoms with Gasteiger partial charge in [0.2, 0.25) is 0 Å². The van der Waals surface area contributed by atoms with Gasteiger partial charge in [0, 0.05) is 25.5 Å². The quantitative estimate of drug-likeness (QED) is 0.771. The minimum atomic E-state index is 0.835. The molecule has 3 nitrogen and oxygen atoms in total. The fourth-order valence-electron chi connectivity index (χ4n) is 2.65. The fourth-order valence-corrected chi connectivity index (χ4v) is 3.65. The first kappa shape index (κ1) is 14.4. The minimum Gasteiger partial charge on any atom is -0.297 e. The molecule has 0 radical (unpaired) electrons. The highest BCUT2D eigenvalue weighted by molar-refractivity contribution is 9.09. The zero-order chi connectivity index (χ0) is 13.1. The average molecular weight is 335 g/mol. The van der Waals surface area contributed by atoms with Crippen LogP contribution in [0.3, 0.4) is 0 Å². The maximum atomic E-state index is 6.39. The van der Waals surface area contributed by atoms with Gasteiger partial charge in [0.05, 0.1) is 16.4 Å². The molecule has 1 aromatic rings. The molecule has 1 atom stereocenters. The molecule has 1 aliphatic heterocycles. The van der Waals surface area contributed by atoms with E-state index in [4.69, 9.17) is 11.6 Å². The zero-order valence-electron chi connectivity index (χ0n) is 11.1. The molecule has 0 bridgehead atoms. The van der Waals surface area contributed by atoms with Gasteiger partial charge in [0.15, 0.2) is 0 Å². The van der Waals surface area contributed by atoms with Crippen LogP contribution in [0.4, 0.5) is 0 Å². The van der Waals surface area contributed by atoms with Crippen molar-refractivity contribution in [1.82, 2.24) is 14.7 Å². The van der Waals surface area contributed by atoms with Crippen molar-refractivity contribution < 1.29 is 0 Å². The normalized spacial score (nSPS) is 20.8. The summed E-state index contributed by atoms with van der Waals surface area (Å²) in [6.45, 7) is 5.40. The number of aromatic nitrogens is 2. The second-order valence-electron chi connectivity index (χ2n) is 5.05. The van der Waals surface area contributed by atoms with E-state index in [1.165, 1.54) is 25.9 Å². The number of hydrogen-bond acceptors (Lipinski definition) is 2. The Kier molecular flexibility index (Phi) is 5.10. The molecule has 18 heavy (non-hydrogen) atoms. The van der Waals surface area contributed by atoms with Crippen LogP contribution in [-0.2, 0) is 20.0 Å². The van der Waals surface area contributed by atoms with Gasteiger partial charge in [0.1, 0.15) is 0 Å². The van der Waals surface area contributed by atoms with E-state index < -0.39 is 0 Å². The summed E-state index contributed by atoms with van der Waals surface area (Å²) in [5, 5.41) is 6.45. The lowest BCUT2D eigenvalue weighted by molar-refractivity contribution is 0.306. The molecule has 1 aliphatic rings. The van der Waals surface area contributed by atoms with E-state index in [0.29, 0.717) is 0 Å². The van der Waals surface area contributed by atoms with E-state index in [0.717, 1.165) is 40.6 Å². The molecule has 1 unspecified atom stereocenters. The summed E-state index contributed by atoms with van der Waals surface area (Å²) in [5.41, 5.74) is 2.18. The van der Waals surface area contributed by atoms with Crippen LogP contribution in [0.2, 0.25) is 5.02 Å². The van der Waals surface area contributed by atoms with Gasteiger partial charge in [0.25, 0.3) is 0 Å². The Hall–Kier alpha value is -0.0600. The highest BCUT2D eigenvalue weighted by Gasteiger charge is 2.24. The molecule has 102 valence electrons. The number of likely N-dealkylation sites (tertiary alicyclic amines) is 1. The van der Waals surface area contributed by atoms with E-state index in [1.807, 2.05) is 11.7 Å². The van der Waals surface area contributed by atoms with Crippen molar-refractivity contribution >= 4 is 27.5 Å². The Labute approximate surface area is 123 Å². The third-order valence-corrected chi connectivity index (χ3v) is 4.66. The van der Waals surface area contributed by atoms with Crippen molar-refractivity contribution in [3.8, 4) is 0 Å². The monoisotopic (exact) mass is 333 g/mol. The summed E-state index contributed by atoms with van der Waals surface area (Å²) in [5.74, 6) is 0.835. The molecule has 0 amide bonds.